The average molecular weight is 406 g/mol. The predicted molar refractivity (Wildman–Crippen MR) is 106 cm³/mol. The molecule has 1 atom stereocenters. The average Bonchev–Trinajstić information content (AvgIpc) is 2.75. The molecule has 0 bridgehead atoms. The minimum Gasteiger partial charge on any atom is -0.449 e. The molecule has 0 aliphatic rings. The van der Waals surface area contributed by atoms with Crippen LogP contribution < -0.4 is 5.32 Å². The van der Waals surface area contributed by atoms with Gasteiger partial charge in [-0.05, 0) is 36.8 Å². The van der Waals surface area contributed by atoms with E-state index in [4.69, 9.17) is 4.74 Å². The van der Waals surface area contributed by atoms with Crippen LogP contribution in [-0.4, -0.2) is 18.0 Å². The molecule has 0 aliphatic carbocycles. The number of carbonyl (C=O) groups excluding carboxylic acids is 2. The number of nitrogens with one attached hydrogen (secondary N) is 1. The molecule has 7 heteroatoms. The fourth-order valence-corrected chi connectivity index (χ4v) is 2.81. The third kappa shape index (κ3) is 4.50. The first kappa shape index (κ1) is 20.7. The maximum absolute atomic E-state index is 13.7. The summed E-state index contributed by atoms with van der Waals surface area (Å²) < 4.78 is 32.0. The van der Waals surface area contributed by atoms with Crippen molar-refractivity contribution in [2.75, 3.05) is 5.32 Å². The summed E-state index contributed by atoms with van der Waals surface area (Å²) in [7, 11) is 0. The van der Waals surface area contributed by atoms with E-state index in [-0.39, 0.29) is 11.3 Å². The number of halogens is 2. The first-order chi connectivity index (χ1) is 14.4. The number of anilines is 1. The first-order valence-electron chi connectivity index (χ1n) is 8.96. The van der Waals surface area contributed by atoms with E-state index in [1.54, 1.807) is 42.5 Å². The van der Waals surface area contributed by atoms with E-state index in [1.807, 2.05) is 0 Å². The molecule has 0 spiro atoms. The van der Waals surface area contributed by atoms with Gasteiger partial charge in [0.2, 0.25) is 0 Å². The summed E-state index contributed by atoms with van der Waals surface area (Å²) in [5.74, 6) is -3.27. The van der Waals surface area contributed by atoms with Gasteiger partial charge < -0.3 is 10.1 Å². The van der Waals surface area contributed by atoms with Crippen molar-refractivity contribution in [3.63, 3.8) is 0 Å². The van der Waals surface area contributed by atoms with E-state index in [0.717, 1.165) is 12.1 Å². The number of rotatable bonds is 5. The van der Waals surface area contributed by atoms with Gasteiger partial charge in [-0.2, -0.15) is 5.26 Å². The maximum Gasteiger partial charge on any atom is 0.339 e. The Morgan fingerprint density at radius 2 is 1.67 bits per heavy atom. The third-order valence-corrected chi connectivity index (χ3v) is 4.33. The van der Waals surface area contributed by atoms with Crippen LogP contribution >= 0.6 is 0 Å². The second kappa shape index (κ2) is 8.97. The molecule has 3 aromatic carbocycles. The van der Waals surface area contributed by atoms with Crippen molar-refractivity contribution >= 4 is 17.6 Å². The number of benzene rings is 3. The number of esters is 1. The summed E-state index contributed by atoms with van der Waals surface area (Å²) >= 11 is 0. The molecule has 0 saturated carbocycles. The summed E-state index contributed by atoms with van der Waals surface area (Å²) in [6.45, 7) is 1.33. The molecule has 0 unspecified atom stereocenters. The lowest BCUT2D eigenvalue weighted by atomic mass is 9.96. The molecule has 1 N–H and O–H groups in total. The van der Waals surface area contributed by atoms with Crippen molar-refractivity contribution in [3.05, 3.63) is 89.5 Å². The van der Waals surface area contributed by atoms with E-state index in [0.29, 0.717) is 22.8 Å². The van der Waals surface area contributed by atoms with Gasteiger partial charge in [0, 0.05) is 11.6 Å². The monoisotopic (exact) mass is 406 g/mol. The topological polar surface area (TPSA) is 79.2 Å². The maximum atomic E-state index is 13.7. The molecule has 0 aliphatic heterocycles. The van der Waals surface area contributed by atoms with Crippen LogP contribution in [0.1, 0.15) is 22.8 Å². The van der Waals surface area contributed by atoms with Crippen LogP contribution in [-0.2, 0) is 9.53 Å². The molecule has 1 amide bonds. The van der Waals surface area contributed by atoms with Gasteiger partial charge in [-0.25, -0.2) is 13.6 Å². The van der Waals surface area contributed by atoms with Crippen LogP contribution in [0.25, 0.3) is 11.1 Å². The zero-order valence-electron chi connectivity index (χ0n) is 15.9. The van der Waals surface area contributed by atoms with Gasteiger partial charge >= 0.3 is 5.97 Å². The van der Waals surface area contributed by atoms with Gasteiger partial charge in [-0.15, -0.1) is 0 Å². The minimum atomic E-state index is -1.25. The zero-order valence-corrected chi connectivity index (χ0v) is 15.9. The largest absolute Gasteiger partial charge is 0.449 e. The second-order valence-electron chi connectivity index (χ2n) is 6.36. The lowest BCUT2D eigenvalue weighted by Gasteiger charge is -2.16. The number of nitrogens with zero attached hydrogens (tertiary/aromatic N) is 1. The Balaban J connectivity index is 1.79. The number of carbonyl (C=O) groups is 2. The zero-order chi connectivity index (χ0) is 21.7. The molecular weight excluding hydrogens is 390 g/mol. The Morgan fingerprint density at radius 3 is 2.37 bits per heavy atom. The molecule has 0 saturated heterocycles. The molecule has 0 radical (unpaired) electrons. The van der Waals surface area contributed by atoms with Crippen LogP contribution in [0.15, 0.2) is 66.7 Å². The van der Waals surface area contributed by atoms with Crippen LogP contribution in [0.5, 0.6) is 0 Å². The molecule has 0 aromatic heterocycles. The van der Waals surface area contributed by atoms with Crippen LogP contribution in [0.3, 0.4) is 0 Å². The molecular formula is C23H16F2N2O3. The molecule has 150 valence electrons. The minimum absolute atomic E-state index is 0.174. The Bertz CT molecular complexity index is 1160. The number of amides is 1. The molecule has 0 fully saturated rings. The lowest BCUT2D eigenvalue weighted by Crippen LogP contribution is -2.30. The summed E-state index contributed by atoms with van der Waals surface area (Å²) in [5, 5.41) is 11.6. The normalized spacial score (nSPS) is 11.3. The van der Waals surface area contributed by atoms with E-state index in [2.05, 4.69) is 11.4 Å². The van der Waals surface area contributed by atoms with Crippen molar-refractivity contribution < 1.29 is 23.1 Å². The van der Waals surface area contributed by atoms with Gasteiger partial charge in [0.25, 0.3) is 5.91 Å². The standard InChI is InChI=1S/C23H16F2N2O3/c1-14(22(28)27-21-11-10-16(24)12-20(21)25)30-23(29)19-9-5-4-8-18(19)17-7-3-2-6-15(17)13-26/h2-12,14H,1H3,(H,27,28)/t14-/m0/s1. The van der Waals surface area contributed by atoms with Crippen molar-refractivity contribution in [1.29, 1.82) is 5.26 Å². The van der Waals surface area contributed by atoms with E-state index >= 15 is 0 Å². The second-order valence-corrected chi connectivity index (χ2v) is 6.36. The van der Waals surface area contributed by atoms with Crippen molar-refractivity contribution in [2.45, 2.75) is 13.0 Å². The SMILES string of the molecule is C[C@H](OC(=O)c1ccccc1-c1ccccc1C#N)C(=O)Nc1ccc(F)cc1F. The quantitative estimate of drug-likeness (QED) is 0.624. The van der Waals surface area contributed by atoms with Crippen molar-refractivity contribution in [1.82, 2.24) is 0 Å². The van der Waals surface area contributed by atoms with Crippen molar-refractivity contribution in [2.24, 2.45) is 0 Å². The van der Waals surface area contributed by atoms with Gasteiger partial charge in [0.15, 0.2) is 6.10 Å². The van der Waals surface area contributed by atoms with Gasteiger partial charge in [-0.1, -0.05) is 36.4 Å². The van der Waals surface area contributed by atoms with E-state index in [1.165, 1.54) is 13.0 Å². The van der Waals surface area contributed by atoms with Crippen LogP contribution in [0.2, 0.25) is 0 Å². The number of hydrogen-bond donors (Lipinski definition) is 1. The summed E-state index contributed by atoms with van der Waals surface area (Å²) in [6.07, 6.45) is -1.25. The Labute approximate surface area is 171 Å². The molecule has 30 heavy (non-hydrogen) atoms. The summed E-state index contributed by atoms with van der Waals surface area (Å²) in [5.41, 5.74) is 1.37. The third-order valence-electron chi connectivity index (χ3n) is 4.33. The molecule has 5 nitrogen and oxygen atoms in total. The fourth-order valence-electron chi connectivity index (χ4n) is 2.81. The smallest absolute Gasteiger partial charge is 0.339 e. The molecule has 3 rings (SSSR count). The van der Waals surface area contributed by atoms with Crippen LogP contribution in [0, 0.1) is 23.0 Å². The highest BCUT2D eigenvalue weighted by molar-refractivity contribution is 6.01. The Hall–Kier alpha value is -4.05. The number of ether oxygens (including phenoxy) is 1. The lowest BCUT2D eigenvalue weighted by molar-refractivity contribution is -0.123. The highest BCUT2D eigenvalue weighted by Crippen LogP contribution is 2.27. The Morgan fingerprint density at radius 1 is 1.00 bits per heavy atom. The first-order valence-corrected chi connectivity index (χ1v) is 8.96. The molecule has 0 heterocycles. The number of hydrogen-bond acceptors (Lipinski definition) is 4. The van der Waals surface area contributed by atoms with Gasteiger partial charge in [-0.3, -0.25) is 4.79 Å². The van der Waals surface area contributed by atoms with E-state index in [9.17, 15) is 23.6 Å². The van der Waals surface area contributed by atoms with Gasteiger partial charge in [0.05, 0.1) is 22.9 Å². The van der Waals surface area contributed by atoms with Crippen molar-refractivity contribution in [3.8, 4) is 17.2 Å². The van der Waals surface area contributed by atoms with Crippen LogP contribution in [0.4, 0.5) is 14.5 Å². The summed E-state index contributed by atoms with van der Waals surface area (Å²) in [6, 6.07) is 18.1. The highest BCUT2D eigenvalue weighted by atomic mass is 19.1. The Kier molecular flexibility index (Phi) is 6.18. The van der Waals surface area contributed by atoms with Gasteiger partial charge in [0.1, 0.15) is 11.6 Å². The molecule has 3 aromatic rings. The highest BCUT2D eigenvalue weighted by Gasteiger charge is 2.22. The number of nitriles is 1. The van der Waals surface area contributed by atoms with E-state index < -0.39 is 29.6 Å². The fraction of sp³-hybridized carbons (Fsp3) is 0.0870. The predicted octanol–water partition coefficient (Wildman–Crippen LogP) is 4.69. The summed E-state index contributed by atoms with van der Waals surface area (Å²) in [4.78, 5) is 25.0.